The van der Waals surface area contributed by atoms with Gasteiger partial charge in [-0.2, -0.15) is 0 Å². The number of halogens is 1. The van der Waals surface area contributed by atoms with Gasteiger partial charge in [-0.05, 0) is 19.4 Å². The number of primary amides is 1. The van der Waals surface area contributed by atoms with Gasteiger partial charge in [0.05, 0.1) is 5.02 Å². The number of carbonyl (C=O) groups excluding carboxylic acids is 1. The van der Waals surface area contributed by atoms with E-state index in [9.17, 15) is 4.79 Å². The quantitative estimate of drug-likeness (QED) is 0.661. The minimum atomic E-state index is -0.522. The lowest BCUT2D eigenvalue weighted by atomic mass is 10.3. The normalized spacial score (nSPS) is 10.1. The fourth-order valence-corrected chi connectivity index (χ4v) is 1.14. The number of aromatic nitrogens is 1. The van der Waals surface area contributed by atoms with Crippen molar-refractivity contribution in [1.29, 1.82) is 0 Å². The Kier molecular flexibility index (Phi) is 1.91. The first-order valence-electron chi connectivity index (χ1n) is 3.18. The maximum atomic E-state index is 10.7. The summed E-state index contributed by atoms with van der Waals surface area (Å²) in [5.41, 5.74) is 7.09. The van der Waals surface area contributed by atoms with Crippen molar-refractivity contribution in [3.8, 4) is 0 Å². The van der Waals surface area contributed by atoms with Gasteiger partial charge in [-0.1, -0.05) is 11.6 Å². The van der Waals surface area contributed by atoms with E-state index in [0.717, 1.165) is 11.3 Å². The Balaban J connectivity index is 3.29. The number of aromatic amines is 1. The predicted molar refractivity (Wildman–Crippen MR) is 43.8 cm³/mol. The Bertz CT molecular complexity index is 304. The third-order valence-corrected chi connectivity index (χ3v) is 2.14. The van der Waals surface area contributed by atoms with Crippen molar-refractivity contribution < 1.29 is 4.79 Å². The Labute approximate surface area is 69.5 Å². The van der Waals surface area contributed by atoms with Gasteiger partial charge in [0.25, 0.3) is 5.91 Å². The first kappa shape index (κ1) is 8.14. The lowest BCUT2D eigenvalue weighted by Crippen LogP contribution is -2.11. The van der Waals surface area contributed by atoms with Crippen molar-refractivity contribution in [2.24, 2.45) is 5.73 Å². The second-order valence-corrected chi connectivity index (χ2v) is 2.81. The number of nitrogens with two attached hydrogens (primary N) is 1. The van der Waals surface area contributed by atoms with E-state index in [1.807, 2.05) is 13.8 Å². The van der Waals surface area contributed by atoms with Crippen molar-refractivity contribution in [3.05, 3.63) is 22.0 Å². The maximum Gasteiger partial charge on any atom is 0.266 e. The molecular weight excluding hydrogens is 164 g/mol. The SMILES string of the molecule is Cc1[nH]c(C(N)=O)c(Cl)c1C. The third kappa shape index (κ3) is 1.24. The second kappa shape index (κ2) is 2.58. The number of amides is 1. The molecule has 1 heterocycles. The van der Waals surface area contributed by atoms with Gasteiger partial charge in [-0.15, -0.1) is 0 Å². The minimum Gasteiger partial charge on any atom is -0.364 e. The molecule has 1 amide bonds. The predicted octanol–water partition coefficient (Wildman–Crippen LogP) is 1.38. The maximum absolute atomic E-state index is 10.7. The van der Waals surface area contributed by atoms with Crippen LogP contribution in [0.3, 0.4) is 0 Å². The summed E-state index contributed by atoms with van der Waals surface area (Å²) in [6, 6.07) is 0. The molecule has 0 saturated heterocycles. The van der Waals surface area contributed by atoms with Gasteiger partial charge >= 0.3 is 0 Å². The van der Waals surface area contributed by atoms with Crippen molar-refractivity contribution in [2.75, 3.05) is 0 Å². The smallest absolute Gasteiger partial charge is 0.266 e. The molecule has 11 heavy (non-hydrogen) atoms. The Morgan fingerprint density at radius 2 is 2.09 bits per heavy atom. The molecule has 0 spiro atoms. The van der Waals surface area contributed by atoms with E-state index < -0.39 is 5.91 Å². The lowest BCUT2D eigenvalue weighted by Gasteiger charge is -1.89. The number of hydrogen-bond donors (Lipinski definition) is 2. The molecular formula is C7H9ClN2O. The Morgan fingerprint density at radius 1 is 1.55 bits per heavy atom. The average molecular weight is 173 g/mol. The van der Waals surface area contributed by atoms with E-state index in [1.165, 1.54) is 0 Å². The first-order valence-corrected chi connectivity index (χ1v) is 3.56. The molecule has 0 atom stereocenters. The second-order valence-electron chi connectivity index (χ2n) is 2.43. The van der Waals surface area contributed by atoms with Crippen LogP contribution in [0.25, 0.3) is 0 Å². The summed E-state index contributed by atoms with van der Waals surface area (Å²) in [6.07, 6.45) is 0. The summed E-state index contributed by atoms with van der Waals surface area (Å²) in [5, 5.41) is 0.426. The molecule has 1 rings (SSSR count). The largest absolute Gasteiger partial charge is 0.364 e. The van der Waals surface area contributed by atoms with Gasteiger partial charge in [0.1, 0.15) is 5.69 Å². The van der Waals surface area contributed by atoms with Crippen LogP contribution in [-0.2, 0) is 0 Å². The van der Waals surface area contributed by atoms with Crippen molar-refractivity contribution in [2.45, 2.75) is 13.8 Å². The van der Waals surface area contributed by atoms with Crippen LogP contribution < -0.4 is 5.73 Å². The first-order chi connectivity index (χ1) is 5.04. The van der Waals surface area contributed by atoms with Crippen LogP contribution in [0, 0.1) is 13.8 Å². The third-order valence-electron chi connectivity index (χ3n) is 1.67. The number of aryl methyl sites for hydroxylation is 1. The summed E-state index contributed by atoms with van der Waals surface area (Å²) in [4.78, 5) is 13.5. The summed E-state index contributed by atoms with van der Waals surface area (Å²) < 4.78 is 0. The van der Waals surface area contributed by atoms with Crippen molar-refractivity contribution in [1.82, 2.24) is 4.98 Å². The summed E-state index contributed by atoms with van der Waals surface area (Å²) in [7, 11) is 0. The van der Waals surface area contributed by atoms with Crippen molar-refractivity contribution in [3.63, 3.8) is 0 Å². The number of nitrogens with one attached hydrogen (secondary N) is 1. The highest BCUT2D eigenvalue weighted by Gasteiger charge is 2.12. The molecule has 3 nitrogen and oxygen atoms in total. The Hall–Kier alpha value is -0.960. The van der Waals surface area contributed by atoms with Gasteiger partial charge in [0, 0.05) is 5.69 Å². The Morgan fingerprint density at radius 3 is 2.27 bits per heavy atom. The van der Waals surface area contributed by atoms with Crippen LogP contribution in [-0.4, -0.2) is 10.9 Å². The number of rotatable bonds is 1. The highest BCUT2D eigenvalue weighted by Crippen LogP contribution is 2.22. The molecule has 0 fully saturated rings. The molecule has 4 heteroatoms. The van der Waals surface area contributed by atoms with E-state index >= 15 is 0 Å². The highest BCUT2D eigenvalue weighted by atomic mass is 35.5. The monoisotopic (exact) mass is 172 g/mol. The van der Waals surface area contributed by atoms with E-state index in [-0.39, 0.29) is 0 Å². The van der Waals surface area contributed by atoms with E-state index in [2.05, 4.69) is 4.98 Å². The zero-order chi connectivity index (χ0) is 8.59. The van der Waals surface area contributed by atoms with Crippen molar-refractivity contribution >= 4 is 17.5 Å². The minimum absolute atomic E-state index is 0.293. The molecule has 0 radical (unpaired) electrons. The van der Waals surface area contributed by atoms with Crippen LogP contribution in [0.5, 0.6) is 0 Å². The molecule has 0 aliphatic carbocycles. The molecule has 0 bridgehead atoms. The standard InChI is InChI=1S/C7H9ClN2O/c1-3-4(2)10-6(5(3)8)7(9)11/h10H,1-2H3,(H2,9,11). The summed E-state index contributed by atoms with van der Waals surface area (Å²) in [6.45, 7) is 3.67. The van der Waals surface area contributed by atoms with Crippen LogP contribution in [0.2, 0.25) is 5.02 Å². The fourth-order valence-electron chi connectivity index (χ4n) is 0.858. The lowest BCUT2D eigenvalue weighted by molar-refractivity contribution is 0.0996. The van der Waals surface area contributed by atoms with Crippen LogP contribution in [0.4, 0.5) is 0 Å². The number of H-pyrrole nitrogens is 1. The van der Waals surface area contributed by atoms with Crippen LogP contribution >= 0.6 is 11.6 Å². The molecule has 0 unspecified atom stereocenters. The van der Waals surface area contributed by atoms with E-state index in [0.29, 0.717) is 10.7 Å². The van der Waals surface area contributed by atoms with E-state index in [4.69, 9.17) is 17.3 Å². The molecule has 1 aromatic heterocycles. The molecule has 0 aromatic carbocycles. The molecule has 3 N–H and O–H groups in total. The van der Waals surface area contributed by atoms with Gasteiger partial charge in [0.2, 0.25) is 0 Å². The summed E-state index contributed by atoms with van der Waals surface area (Å²) >= 11 is 5.78. The summed E-state index contributed by atoms with van der Waals surface area (Å²) in [5.74, 6) is -0.522. The van der Waals surface area contributed by atoms with Crippen LogP contribution in [0.15, 0.2) is 0 Å². The van der Waals surface area contributed by atoms with Gasteiger partial charge in [-0.25, -0.2) is 0 Å². The number of hydrogen-bond acceptors (Lipinski definition) is 1. The van der Waals surface area contributed by atoms with Gasteiger partial charge in [0.15, 0.2) is 0 Å². The number of carbonyl (C=O) groups is 1. The van der Waals surface area contributed by atoms with Gasteiger partial charge < -0.3 is 10.7 Å². The molecule has 0 saturated carbocycles. The zero-order valence-electron chi connectivity index (χ0n) is 6.36. The highest BCUT2D eigenvalue weighted by molar-refractivity contribution is 6.34. The molecule has 0 aliphatic heterocycles. The van der Waals surface area contributed by atoms with Crippen LogP contribution in [0.1, 0.15) is 21.7 Å². The van der Waals surface area contributed by atoms with Gasteiger partial charge in [-0.3, -0.25) is 4.79 Å². The fraction of sp³-hybridized carbons (Fsp3) is 0.286. The topological polar surface area (TPSA) is 58.9 Å². The zero-order valence-corrected chi connectivity index (χ0v) is 7.12. The van der Waals surface area contributed by atoms with E-state index in [1.54, 1.807) is 0 Å². The molecule has 60 valence electrons. The molecule has 1 aromatic rings. The average Bonchev–Trinajstić information content (AvgIpc) is 2.17. The molecule has 0 aliphatic rings.